The minimum Gasteiger partial charge on any atom is -0.338 e. The predicted octanol–water partition coefficient (Wildman–Crippen LogP) is 5.22. The van der Waals surface area contributed by atoms with Crippen molar-refractivity contribution >= 4 is 17.5 Å². The van der Waals surface area contributed by atoms with E-state index in [4.69, 9.17) is 11.6 Å². The average Bonchev–Trinajstić information content (AvgIpc) is 3.09. The lowest BCUT2D eigenvalue weighted by molar-refractivity contribution is -0.140. The van der Waals surface area contributed by atoms with Crippen LogP contribution in [0.4, 0.5) is 0 Å². The van der Waals surface area contributed by atoms with Gasteiger partial charge in [0.25, 0.3) is 0 Å². The van der Waals surface area contributed by atoms with Gasteiger partial charge in [-0.1, -0.05) is 23.7 Å². The van der Waals surface area contributed by atoms with Gasteiger partial charge in [-0.3, -0.25) is 9.89 Å². The first-order valence-electron chi connectivity index (χ1n) is 11.2. The van der Waals surface area contributed by atoms with E-state index in [1.165, 1.54) is 44.2 Å². The third-order valence-electron chi connectivity index (χ3n) is 8.08. The molecule has 29 heavy (non-hydrogen) atoms. The molecular weight excluding hydrogens is 382 g/mol. The Hall–Kier alpha value is -1.81. The van der Waals surface area contributed by atoms with E-state index in [1.807, 2.05) is 24.3 Å². The molecule has 0 unspecified atom stereocenters. The van der Waals surface area contributed by atoms with E-state index in [1.54, 1.807) is 0 Å². The Kier molecular flexibility index (Phi) is 4.09. The highest BCUT2D eigenvalue weighted by molar-refractivity contribution is 6.30. The highest BCUT2D eigenvalue weighted by Gasteiger charge is 2.51. The summed E-state index contributed by atoms with van der Waals surface area (Å²) in [7, 11) is 0. The van der Waals surface area contributed by atoms with Crippen molar-refractivity contribution in [2.45, 2.75) is 57.9 Å². The first-order chi connectivity index (χ1) is 14.1. The fraction of sp³-hybridized carbons (Fsp3) is 0.583. The monoisotopic (exact) mass is 409 g/mol. The third-order valence-corrected chi connectivity index (χ3v) is 8.31. The van der Waals surface area contributed by atoms with Crippen LogP contribution in [0.15, 0.2) is 24.3 Å². The summed E-state index contributed by atoms with van der Waals surface area (Å²) in [6.07, 6.45) is 9.79. The number of nitrogens with one attached hydrogen (secondary N) is 1. The first-order valence-corrected chi connectivity index (χ1v) is 11.5. The zero-order chi connectivity index (χ0) is 19.6. The number of H-pyrrole nitrogens is 1. The van der Waals surface area contributed by atoms with Gasteiger partial charge in [-0.15, -0.1) is 0 Å². The number of benzene rings is 1. The first kappa shape index (κ1) is 18.0. The number of hydrogen-bond acceptors (Lipinski definition) is 2. The van der Waals surface area contributed by atoms with Crippen molar-refractivity contribution in [2.24, 2.45) is 23.2 Å². The number of aromatic nitrogens is 2. The summed E-state index contributed by atoms with van der Waals surface area (Å²) in [5.41, 5.74) is 4.59. The molecule has 1 aliphatic heterocycles. The number of halogens is 1. The second-order valence-corrected chi connectivity index (χ2v) is 10.6. The van der Waals surface area contributed by atoms with Crippen LogP contribution in [0.1, 0.15) is 56.2 Å². The number of carbonyl (C=O) groups excluding carboxylic acids is 1. The minimum absolute atomic E-state index is 0.304. The van der Waals surface area contributed by atoms with Crippen molar-refractivity contribution in [3.05, 3.63) is 40.5 Å². The molecule has 5 aliphatic rings. The van der Waals surface area contributed by atoms with Crippen LogP contribution in [0.3, 0.4) is 0 Å². The Morgan fingerprint density at radius 2 is 1.90 bits per heavy atom. The number of aromatic amines is 1. The summed E-state index contributed by atoms with van der Waals surface area (Å²) in [6.45, 7) is 1.47. The normalized spacial score (nSPS) is 32.4. The predicted molar refractivity (Wildman–Crippen MR) is 113 cm³/mol. The lowest BCUT2D eigenvalue weighted by Gasteiger charge is -2.57. The summed E-state index contributed by atoms with van der Waals surface area (Å²) < 4.78 is 0. The van der Waals surface area contributed by atoms with Crippen LogP contribution in [-0.2, 0) is 17.8 Å². The van der Waals surface area contributed by atoms with Gasteiger partial charge >= 0.3 is 0 Å². The van der Waals surface area contributed by atoms with Crippen molar-refractivity contribution in [1.82, 2.24) is 15.1 Å². The van der Waals surface area contributed by atoms with E-state index < -0.39 is 0 Å². The van der Waals surface area contributed by atoms with Crippen LogP contribution in [0, 0.1) is 23.2 Å². The molecule has 4 saturated carbocycles. The van der Waals surface area contributed by atoms with Crippen LogP contribution in [-0.4, -0.2) is 27.5 Å². The van der Waals surface area contributed by atoms with E-state index >= 15 is 0 Å². The molecule has 0 radical (unpaired) electrons. The summed E-state index contributed by atoms with van der Waals surface area (Å²) in [5, 5.41) is 8.47. The maximum atomic E-state index is 13.4. The standard InChI is InChI=1S/C24H28ClN3O/c25-19-3-1-2-18(9-19)23-20-14-28(5-4-21(20)26-27-23)22(29)13-24-10-15-6-16(11-24)8-17(7-15)12-24/h1-3,9,15-17H,4-8,10-14H2,(H,26,27). The quantitative estimate of drug-likeness (QED) is 0.755. The average molecular weight is 410 g/mol. The Bertz CT molecular complexity index is 930. The zero-order valence-electron chi connectivity index (χ0n) is 16.8. The van der Waals surface area contributed by atoms with E-state index in [0.29, 0.717) is 22.9 Å². The van der Waals surface area contributed by atoms with Crippen LogP contribution in [0.25, 0.3) is 11.3 Å². The van der Waals surface area contributed by atoms with Gasteiger partial charge in [0.2, 0.25) is 5.91 Å². The largest absolute Gasteiger partial charge is 0.338 e. The van der Waals surface area contributed by atoms with E-state index in [-0.39, 0.29) is 0 Å². The molecule has 1 amide bonds. The van der Waals surface area contributed by atoms with E-state index in [0.717, 1.165) is 54.0 Å². The van der Waals surface area contributed by atoms with Crippen molar-refractivity contribution in [2.75, 3.05) is 6.54 Å². The fourth-order valence-electron chi connectivity index (χ4n) is 7.32. The lowest BCUT2D eigenvalue weighted by Crippen LogP contribution is -2.48. The van der Waals surface area contributed by atoms with Gasteiger partial charge in [0.05, 0.1) is 5.69 Å². The maximum absolute atomic E-state index is 13.4. The summed E-state index contributed by atoms with van der Waals surface area (Å²) in [6, 6.07) is 7.83. The fourth-order valence-corrected chi connectivity index (χ4v) is 7.51. The Labute approximate surface area is 177 Å². The van der Waals surface area contributed by atoms with Crippen molar-refractivity contribution in [3.63, 3.8) is 0 Å². The van der Waals surface area contributed by atoms with E-state index in [9.17, 15) is 4.79 Å². The molecule has 1 aromatic heterocycles. The van der Waals surface area contributed by atoms with Crippen molar-refractivity contribution < 1.29 is 4.79 Å². The Balaban J connectivity index is 1.22. The number of carbonyl (C=O) groups is 1. The second kappa shape index (κ2) is 6.60. The molecule has 1 N–H and O–H groups in total. The molecular formula is C24H28ClN3O. The molecule has 4 aliphatic carbocycles. The van der Waals surface area contributed by atoms with Gasteiger partial charge in [-0.25, -0.2) is 0 Å². The van der Waals surface area contributed by atoms with Crippen LogP contribution in [0.2, 0.25) is 5.02 Å². The van der Waals surface area contributed by atoms with Gasteiger partial charge in [0, 0.05) is 47.8 Å². The van der Waals surface area contributed by atoms with Gasteiger partial charge in [0.1, 0.15) is 0 Å². The lowest BCUT2D eigenvalue weighted by atomic mass is 9.49. The number of hydrogen-bond donors (Lipinski definition) is 1. The molecule has 7 rings (SSSR count). The van der Waals surface area contributed by atoms with E-state index in [2.05, 4.69) is 15.1 Å². The molecule has 4 fully saturated rings. The topological polar surface area (TPSA) is 49.0 Å². The van der Waals surface area contributed by atoms with Gasteiger partial charge in [-0.2, -0.15) is 5.10 Å². The third kappa shape index (κ3) is 3.11. The molecule has 152 valence electrons. The summed E-state index contributed by atoms with van der Waals surface area (Å²) in [5.74, 6) is 3.04. The molecule has 0 spiro atoms. The van der Waals surface area contributed by atoms with Crippen LogP contribution < -0.4 is 0 Å². The minimum atomic E-state index is 0.304. The number of amides is 1. The molecule has 2 aromatic rings. The number of rotatable bonds is 3. The molecule has 1 aromatic carbocycles. The number of nitrogens with zero attached hydrogens (tertiary/aromatic N) is 2. The summed E-state index contributed by atoms with van der Waals surface area (Å²) >= 11 is 6.19. The van der Waals surface area contributed by atoms with Crippen LogP contribution >= 0.6 is 11.6 Å². The van der Waals surface area contributed by atoms with Gasteiger partial charge in [-0.05, 0) is 73.8 Å². The molecule has 2 heterocycles. The molecule has 0 saturated heterocycles. The molecule has 5 heteroatoms. The van der Waals surface area contributed by atoms with Gasteiger partial charge in [0.15, 0.2) is 0 Å². The highest BCUT2D eigenvalue weighted by Crippen LogP contribution is 2.61. The molecule has 4 nitrogen and oxygen atoms in total. The Morgan fingerprint density at radius 1 is 1.17 bits per heavy atom. The zero-order valence-corrected chi connectivity index (χ0v) is 17.5. The summed E-state index contributed by atoms with van der Waals surface area (Å²) in [4.78, 5) is 15.5. The van der Waals surface area contributed by atoms with Crippen molar-refractivity contribution in [3.8, 4) is 11.3 Å². The van der Waals surface area contributed by atoms with Crippen LogP contribution in [0.5, 0.6) is 0 Å². The smallest absolute Gasteiger partial charge is 0.223 e. The SMILES string of the molecule is O=C(CC12CC3CC(CC(C3)C1)C2)N1CCc2[nH]nc(-c3cccc(Cl)c3)c2C1. The molecule has 4 bridgehead atoms. The molecule has 0 atom stereocenters. The van der Waals surface area contributed by atoms with Crippen molar-refractivity contribution in [1.29, 1.82) is 0 Å². The number of fused-ring (bicyclic) bond motifs is 1. The second-order valence-electron chi connectivity index (χ2n) is 10.2. The Morgan fingerprint density at radius 3 is 2.59 bits per heavy atom. The van der Waals surface area contributed by atoms with Gasteiger partial charge < -0.3 is 4.90 Å². The highest BCUT2D eigenvalue weighted by atomic mass is 35.5. The maximum Gasteiger partial charge on any atom is 0.223 e.